The number of rotatable bonds is 3. The molecule has 2 atom stereocenters. The number of aryl methyl sites for hydroxylation is 2. The zero-order valence-corrected chi connectivity index (χ0v) is 21.1. The summed E-state index contributed by atoms with van der Waals surface area (Å²) < 4.78 is 22.7. The van der Waals surface area contributed by atoms with E-state index in [9.17, 15) is 4.79 Å². The molecule has 0 aliphatic carbocycles. The number of halogens is 1. The highest BCUT2D eigenvalue weighted by Crippen LogP contribution is 2.35. The van der Waals surface area contributed by atoms with E-state index in [1.165, 1.54) is 11.3 Å². The van der Waals surface area contributed by atoms with E-state index in [0.29, 0.717) is 24.6 Å². The van der Waals surface area contributed by atoms with Gasteiger partial charge in [0.1, 0.15) is 23.4 Å². The van der Waals surface area contributed by atoms with Crippen LogP contribution in [-0.2, 0) is 4.74 Å². The Morgan fingerprint density at radius 3 is 2.49 bits per heavy atom. The van der Waals surface area contributed by atoms with Crippen molar-refractivity contribution in [2.75, 3.05) is 31.1 Å². The number of hydrogen-bond acceptors (Lipinski definition) is 6. The first-order valence-corrected chi connectivity index (χ1v) is 12.3. The molecule has 5 rings (SSSR count). The van der Waals surface area contributed by atoms with Crippen LogP contribution < -0.4 is 4.90 Å². The van der Waals surface area contributed by atoms with Crippen molar-refractivity contribution in [1.82, 2.24) is 24.6 Å². The average Bonchev–Trinajstić information content (AvgIpc) is 3.13. The third-order valence-electron chi connectivity index (χ3n) is 6.76. The Morgan fingerprint density at radius 2 is 1.83 bits per heavy atom. The molecule has 0 N–H and O–H groups in total. The van der Waals surface area contributed by atoms with Gasteiger partial charge in [0.2, 0.25) is 0 Å². The zero-order chi connectivity index (χ0) is 24.9. The first-order valence-electron chi connectivity index (χ1n) is 12.3. The number of aromatic nitrogens is 4. The number of likely N-dealkylation sites (tertiary alicyclic amines) is 1. The fourth-order valence-electron chi connectivity index (χ4n) is 4.89. The second kappa shape index (κ2) is 8.77. The third-order valence-corrected chi connectivity index (χ3v) is 6.76. The highest BCUT2D eigenvalue weighted by atomic mass is 19.1. The molecule has 8 nitrogen and oxygen atoms in total. The number of hydrogen-bond donors (Lipinski definition) is 0. The van der Waals surface area contributed by atoms with Gasteiger partial charge in [0.25, 0.3) is 0 Å². The van der Waals surface area contributed by atoms with Crippen molar-refractivity contribution in [3.8, 4) is 5.82 Å². The fraction of sp³-hybridized carbons (Fsp3) is 0.538. The van der Waals surface area contributed by atoms with Gasteiger partial charge in [0.15, 0.2) is 5.82 Å². The quantitative estimate of drug-likeness (QED) is 0.541. The van der Waals surface area contributed by atoms with Crippen molar-refractivity contribution in [3.05, 3.63) is 41.3 Å². The van der Waals surface area contributed by atoms with Gasteiger partial charge >= 0.3 is 6.09 Å². The van der Waals surface area contributed by atoms with Crippen molar-refractivity contribution in [2.24, 2.45) is 0 Å². The Kier molecular flexibility index (Phi) is 5.89. The van der Waals surface area contributed by atoms with Gasteiger partial charge in [-0.1, -0.05) is 0 Å². The molecular weight excluding hydrogens is 447 g/mol. The minimum absolute atomic E-state index is 0.0284. The molecule has 35 heavy (non-hydrogen) atoms. The summed E-state index contributed by atoms with van der Waals surface area (Å²) in [4.78, 5) is 25.4. The van der Waals surface area contributed by atoms with Crippen LogP contribution in [0.25, 0.3) is 16.7 Å². The third kappa shape index (κ3) is 4.68. The van der Waals surface area contributed by atoms with E-state index in [0.717, 1.165) is 40.9 Å². The van der Waals surface area contributed by atoms with Crippen LogP contribution in [0, 0.1) is 13.8 Å². The van der Waals surface area contributed by atoms with E-state index in [1.54, 1.807) is 0 Å². The van der Waals surface area contributed by atoms with E-state index < -0.39 is 17.9 Å². The first-order chi connectivity index (χ1) is 16.6. The number of benzene rings is 1. The molecule has 1 aromatic carbocycles. The monoisotopic (exact) mass is 480 g/mol. The summed E-state index contributed by atoms with van der Waals surface area (Å²) in [7, 11) is 0. The van der Waals surface area contributed by atoms with E-state index in [2.05, 4.69) is 26.0 Å². The van der Waals surface area contributed by atoms with Crippen LogP contribution in [0.1, 0.15) is 56.5 Å². The number of carbonyl (C=O) groups is 1. The van der Waals surface area contributed by atoms with Gasteiger partial charge in [-0.05, 0) is 70.7 Å². The minimum atomic E-state index is -1.18. The molecule has 0 saturated carbocycles. The predicted octanol–water partition coefficient (Wildman–Crippen LogP) is 4.70. The van der Waals surface area contributed by atoms with Crippen LogP contribution in [0.5, 0.6) is 0 Å². The van der Waals surface area contributed by atoms with Gasteiger partial charge < -0.3 is 14.5 Å². The number of carbonyl (C=O) groups excluding carboxylic acids is 1. The number of piperidine rings is 1. The largest absolute Gasteiger partial charge is 0.444 e. The van der Waals surface area contributed by atoms with Crippen LogP contribution in [0.4, 0.5) is 15.0 Å². The van der Waals surface area contributed by atoms with Crippen LogP contribution >= 0.6 is 0 Å². The maximum absolute atomic E-state index is 15.4. The van der Waals surface area contributed by atoms with Crippen molar-refractivity contribution in [2.45, 2.75) is 65.2 Å². The van der Waals surface area contributed by atoms with Crippen molar-refractivity contribution in [3.63, 3.8) is 0 Å². The van der Waals surface area contributed by atoms with Crippen LogP contribution in [0.2, 0.25) is 0 Å². The number of fused-ring (bicyclic) bond motifs is 1. The van der Waals surface area contributed by atoms with E-state index >= 15 is 4.39 Å². The van der Waals surface area contributed by atoms with E-state index in [-0.39, 0.29) is 12.5 Å². The molecule has 0 bridgehead atoms. The average molecular weight is 481 g/mol. The molecule has 0 unspecified atom stereocenters. The Morgan fingerprint density at radius 1 is 1.09 bits per heavy atom. The summed E-state index contributed by atoms with van der Waals surface area (Å²) in [6.07, 6.45) is 1.89. The minimum Gasteiger partial charge on any atom is -0.444 e. The van der Waals surface area contributed by atoms with Gasteiger partial charge in [-0.15, -0.1) is 0 Å². The number of anilines is 1. The lowest BCUT2D eigenvalue weighted by Gasteiger charge is -2.36. The molecule has 2 saturated heterocycles. The molecular formula is C26H33FN6O2. The molecule has 4 heterocycles. The van der Waals surface area contributed by atoms with Crippen molar-refractivity contribution in [1.29, 1.82) is 0 Å². The highest BCUT2D eigenvalue weighted by Gasteiger charge is 2.35. The lowest BCUT2D eigenvalue weighted by atomic mass is 9.85. The van der Waals surface area contributed by atoms with Gasteiger partial charge in [-0.25, -0.2) is 23.8 Å². The van der Waals surface area contributed by atoms with Crippen molar-refractivity contribution < 1.29 is 13.9 Å². The Labute approximate surface area is 205 Å². The normalized spacial score (nSPS) is 20.7. The SMILES string of the molecule is Cc1nc(N2CCC2)cc(-n2ncc3cc(C)c([C@@H]4CCN(C(=O)OC(C)(C)C)C[C@@H]4F)cc32)n1. The maximum atomic E-state index is 15.4. The summed E-state index contributed by atoms with van der Waals surface area (Å²) in [5.74, 6) is 2.01. The zero-order valence-electron chi connectivity index (χ0n) is 21.1. The van der Waals surface area contributed by atoms with Gasteiger partial charge in [0, 0.05) is 37.0 Å². The molecule has 2 aliphatic rings. The molecule has 9 heteroatoms. The van der Waals surface area contributed by atoms with E-state index in [1.807, 2.05) is 57.6 Å². The second-order valence-corrected chi connectivity index (χ2v) is 10.6. The summed E-state index contributed by atoms with van der Waals surface area (Å²) in [6.45, 7) is 11.8. The second-order valence-electron chi connectivity index (χ2n) is 10.6. The number of nitrogens with zero attached hydrogens (tertiary/aromatic N) is 6. The maximum Gasteiger partial charge on any atom is 0.410 e. The Bertz CT molecular complexity index is 1260. The standard InChI is InChI=1S/C26H33FN6O2/c1-16-11-18-14-28-33(24-13-23(29-17(2)30-24)31-8-6-9-31)22(18)12-20(16)19-7-10-32(15-21(19)27)25(34)35-26(3,4)5/h11-14,19,21H,6-10,15H2,1-5H3/t19-,21-/m0/s1. The molecule has 2 fully saturated rings. The van der Waals surface area contributed by atoms with E-state index in [4.69, 9.17) is 4.74 Å². The summed E-state index contributed by atoms with van der Waals surface area (Å²) >= 11 is 0. The van der Waals surface area contributed by atoms with Crippen LogP contribution in [0.15, 0.2) is 24.4 Å². The molecule has 1 amide bonds. The molecule has 3 aromatic rings. The van der Waals surface area contributed by atoms with Gasteiger partial charge in [-0.2, -0.15) is 5.10 Å². The molecule has 186 valence electrons. The fourth-order valence-corrected chi connectivity index (χ4v) is 4.89. The summed E-state index contributed by atoms with van der Waals surface area (Å²) in [5.41, 5.74) is 2.26. The first kappa shape index (κ1) is 23.5. The smallest absolute Gasteiger partial charge is 0.410 e. The Balaban J connectivity index is 1.44. The lowest BCUT2D eigenvalue weighted by Crippen LogP contribution is -2.46. The highest BCUT2D eigenvalue weighted by molar-refractivity contribution is 5.82. The summed E-state index contributed by atoms with van der Waals surface area (Å²) in [6, 6.07) is 6.07. The molecule has 2 aliphatic heterocycles. The van der Waals surface area contributed by atoms with Gasteiger partial charge in [0.05, 0.1) is 18.3 Å². The van der Waals surface area contributed by atoms with Crippen LogP contribution in [-0.4, -0.2) is 68.7 Å². The van der Waals surface area contributed by atoms with Crippen LogP contribution in [0.3, 0.4) is 0 Å². The van der Waals surface area contributed by atoms with Gasteiger partial charge in [-0.3, -0.25) is 0 Å². The molecule has 0 spiro atoms. The summed E-state index contributed by atoms with van der Waals surface area (Å²) in [5, 5.41) is 5.59. The number of alkyl halides is 1. The lowest BCUT2D eigenvalue weighted by molar-refractivity contribution is 0.0111. The number of amides is 1. The molecule has 2 aromatic heterocycles. The topological polar surface area (TPSA) is 76.4 Å². The molecule has 0 radical (unpaired) electrons. The Hall–Kier alpha value is -3.23. The van der Waals surface area contributed by atoms with Crippen molar-refractivity contribution >= 4 is 22.8 Å². The predicted molar refractivity (Wildman–Crippen MR) is 133 cm³/mol. The number of ether oxygens (including phenoxy) is 1.